The molecule has 1 unspecified atom stereocenters. The minimum absolute atomic E-state index is 0.00457. The van der Waals surface area contributed by atoms with Gasteiger partial charge in [0.2, 0.25) is 5.91 Å². The van der Waals surface area contributed by atoms with Crippen molar-refractivity contribution in [2.45, 2.75) is 91.5 Å². The van der Waals surface area contributed by atoms with E-state index in [1.54, 1.807) is 6.92 Å². The molecule has 0 radical (unpaired) electrons. The maximum atomic E-state index is 12.2. The SMILES string of the molecule is CCCCC/C=C\C/C=C\C/C=C\C/C=C\CCC(C)(C)C(=O)NC(C)CO. The van der Waals surface area contributed by atoms with Gasteiger partial charge in [0.1, 0.15) is 0 Å². The van der Waals surface area contributed by atoms with E-state index in [1.807, 2.05) is 13.8 Å². The van der Waals surface area contributed by atoms with E-state index in [9.17, 15) is 4.79 Å². The lowest BCUT2D eigenvalue weighted by atomic mass is 9.86. The van der Waals surface area contributed by atoms with Gasteiger partial charge in [-0.15, -0.1) is 0 Å². The Morgan fingerprint density at radius 2 is 1.39 bits per heavy atom. The zero-order valence-electron chi connectivity index (χ0n) is 18.6. The molecule has 0 saturated carbocycles. The maximum absolute atomic E-state index is 12.2. The highest BCUT2D eigenvalue weighted by Crippen LogP contribution is 2.23. The summed E-state index contributed by atoms with van der Waals surface area (Å²) in [6, 6.07) is -0.191. The van der Waals surface area contributed by atoms with Crippen molar-refractivity contribution in [2.75, 3.05) is 6.61 Å². The Morgan fingerprint density at radius 3 is 1.89 bits per heavy atom. The Labute approximate surface area is 173 Å². The lowest BCUT2D eigenvalue weighted by Crippen LogP contribution is -2.43. The summed E-state index contributed by atoms with van der Waals surface area (Å²) in [5.41, 5.74) is -0.418. The van der Waals surface area contributed by atoms with Crippen molar-refractivity contribution in [3.05, 3.63) is 48.6 Å². The molecule has 0 fully saturated rings. The second kappa shape index (κ2) is 17.5. The number of aliphatic hydroxyl groups is 1. The van der Waals surface area contributed by atoms with Crippen LogP contribution in [0.3, 0.4) is 0 Å². The minimum atomic E-state index is -0.418. The lowest BCUT2D eigenvalue weighted by Gasteiger charge is -2.24. The van der Waals surface area contributed by atoms with Crippen LogP contribution in [0.1, 0.15) is 85.5 Å². The average molecular weight is 390 g/mol. The molecule has 1 amide bonds. The van der Waals surface area contributed by atoms with Crippen molar-refractivity contribution >= 4 is 5.91 Å². The van der Waals surface area contributed by atoms with Crippen molar-refractivity contribution < 1.29 is 9.90 Å². The highest BCUT2D eigenvalue weighted by atomic mass is 16.3. The zero-order valence-corrected chi connectivity index (χ0v) is 18.6. The van der Waals surface area contributed by atoms with Gasteiger partial charge in [0.15, 0.2) is 0 Å². The molecule has 0 aliphatic heterocycles. The number of nitrogens with one attached hydrogen (secondary N) is 1. The second-order valence-corrected chi connectivity index (χ2v) is 8.07. The third-order valence-corrected chi connectivity index (χ3v) is 4.66. The van der Waals surface area contributed by atoms with E-state index in [4.69, 9.17) is 5.11 Å². The summed E-state index contributed by atoms with van der Waals surface area (Å²) in [6.07, 6.45) is 27.4. The molecule has 0 bridgehead atoms. The Kier molecular flexibility index (Phi) is 16.5. The first-order chi connectivity index (χ1) is 13.4. The summed E-state index contributed by atoms with van der Waals surface area (Å²) >= 11 is 0. The number of hydrogen-bond donors (Lipinski definition) is 2. The largest absolute Gasteiger partial charge is 0.394 e. The Morgan fingerprint density at radius 1 is 0.893 bits per heavy atom. The van der Waals surface area contributed by atoms with E-state index in [2.05, 4.69) is 60.8 Å². The van der Waals surface area contributed by atoms with Crippen LogP contribution in [0.15, 0.2) is 48.6 Å². The fourth-order valence-electron chi connectivity index (χ4n) is 2.58. The standard InChI is InChI=1S/C25H43NO2/c1-5-6-7-8-9-10-11-12-13-14-15-16-17-18-19-20-21-25(3,4)24(28)26-23(2)22-27/h9-10,12-13,15-16,18-19,23,27H,5-8,11,14,17,20-22H2,1-4H3,(H,26,28)/b10-9-,13-12-,16-15-,19-18-. The summed E-state index contributed by atoms with van der Waals surface area (Å²) in [5.74, 6) is 0.00457. The van der Waals surface area contributed by atoms with E-state index in [0.717, 1.165) is 32.1 Å². The summed E-state index contributed by atoms with van der Waals surface area (Å²) < 4.78 is 0. The highest BCUT2D eigenvalue weighted by Gasteiger charge is 2.27. The predicted octanol–water partition coefficient (Wildman–Crippen LogP) is 6.27. The van der Waals surface area contributed by atoms with Gasteiger partial charge in [0.25, 0.3) is 0 Å². The molecule has 0 spiro atoms. The Balaban J connectivity index is 3.80. The summed E-state index contributed by atoms with van der Waals surface area (Å²) in [6.45, 7) is 7.92. The number of hydrogen-bond acceptors (Lipinski definition) is 2. The normalized spacial score (nSPS) is 14.0. The number of allylic oxidation sites excluding steroid dienone is 8. The molecule has 160 valence electrons. The van der Waals surface area contributed by atoms with E-state index >= 15 is 0 Å². The summed E-state index contributed by atoms with van der Waals surface area (Å²) in [5, 5.41) is 11.9. The van der Waals surface area contributed by atoms with Gasteiger partial charge in [-0.25, -0.2) is 0 Å². The van der Waals surface area contributed by atoms with Crippen LogP contribution < -0.4 is 5.32 Å². The molecular formula is C25H43NO2. The number of unbranched alkanes of at least 4 members (excludes halogenated alkanes) is 3. The first-order valence-electron chi connectivity index (χ1n) is 11.0. The van der Waals surface area contributed by atoms with Crippen LogP contribution in [0.25, 0.3) is 0 Å². The van der Waals surface area contributed by atoms with E-state index in [-0.39, 0.29) is 18.6 Å². The molecule has 28 heavy (non-hydrogen) atoms. The van der Waals surface area contributed by atoms with Gasteiger partial charge in [-0.1, -0.05) is 82.2 Å². The number of carbonyl (C=O) groups is 1. The molecule has 0 aromatic carbocycles. The first-order valence-corrected chi connectivity index (χ1v) is 11.0. The number of rotatable bonds is 16. The van der Waals surface area contributed by atoms with E-state index < -0.39 is 5.41 Å². The Hall–Kier alpha value is -1.61. The number of carbonyl (C=O) groups excluding carboxylic acids is 1. The fraction of sp³-hybridized carbons (Fsp3) is 0.640. The molecule has 2 N–H and O–H groups in total. The lowest BCUT2D eigenvalue weighted by molar-refractivity contribution is -0.130. The van der Waals surface area contributed by atoms with Gasteiger partial charge in [0.05, 0.1) is 6.61 Å². The van der Waals surface area contributed by atoms with Crippen molar-refractivity contribution in [2.24, 2.45) is 5.41 Å². The van der Waals surface area contributed by atoms with Crippen LogP contribution in [0.2, 0.25) is 0 Å². The van der Waals surface area contributed by atoms with Crippen molar-refractivity contribution in [3.8, 4) is 0 Å². The topological polar surface area (TPSA) is 49.3 Å². The van der Waals surface area contributed by atoms with Gasteiger partial charge in [-0.2, -0.15) is 0 Å². The van der Waals surface area contributed by atoms with E-state index in [1.165, 1.54) is 25.7 Å². The Bertz CT molecular complexity index is 501. The zero-order chi connectivity index (χ0) is 21.1. The summed E-state index contributed by atoms with van der Waals surface area (Å²) in [7, 11) is 0. The third kappa shape index (κ3) is 15.4. The fourth-order valence-corrected chi connectivity index (χ4v) is 2.58. The molecule has 0 heterocycles. The van der Waals surface area contributed by atoms with Crippen molar-refractivity contribution in [3.63, 3.8) is 0 Å². The molecular weight excluding hydrogens is 346 g/mol. The van der Waals surface area contributed by atoms with Crippen LogP contribution >= 0.6 is 0 Å². The van der Waals surface area contributed by atoms with Gasteiger partial charge >= 0.3 is 0 Å². The van der Waals surface area contributed by atoms with Crippen LogP contribution in [0.4, 0.5) is 0 Å². The molecule has 0 rings (SSSR count). The monoisotopic (exact) mass is 389 g/mol. The number of amides is 1. The van der Waals surface area contributed by atoms with E-state index in [0.29, 0.717) is 0 Å². The minimum Gasteiger partial charge on any atom is -0.394 e. The van der Waals surface area contributed by atoms with Crippen LogP contribution in [0, 0.1) is 5.41 Å². The molecule has 3 heteroatoms. The number of aliphatic hydroxyl groups excluding tert-OH is 1. The van der Waals surface area contributed by atoms with Crippen LogP contribution in [0.5, 0.6) is 0 Å². The molecule has 3 nitrogen and oxygen atoms in total. The summed E-state index contributed by atoms with van der Waals surface area (Å²) in [4.78, 5) is 12.2. The van der Waals surface area contributed by atoms with Crippen LogP contribution in [-0.4, -0.2) is 23.7 Å². The maximum Gasteiger partial charge on any atom is 0.225 e. The van der Waals surface area contributed by atoms with Gasteiger partial charge in [0, 0.05) is 11.5 Å². The molecule has 1 atom stereocenters. The quantitative estimate of drug-likeness (QED) is 0.241. The van der Waals surface area contributed by atoms with Gasteiger partial charge in [-0.3, -0.25) is 4.79 Å². The third-order valence-electron chi connectivity index (χ3n) is 4.66. The molecule has 0 aromatic rings. The van der Waals surface area contributed by atoms with Crippen molar-refractivity contribution in [1.29, 1.82) is 0 Å². The molecule has 0 saturated heterocycles. The smallest absolute Gasteiger partial charge is 0.225 e. The van der Waals surface area contributed by atoms with Crippen molar-refractivity contribution in [1.82, 2.24) is 5.32 Å². The molecule has 0 aromatic heterocycles. The highest BCUT2D eigenvalue weighted by molar-refractivity contribution is 5.82. The predicted molar refractivity (Wildman–Crippen MR) is 122 cm³/mol. The molecule has 0 aliphatic carbocycles. The van der Waals surface area contributed by atoms with Gasteiger partial charge in [-0.05, 0) is 51.9 Å². The van der Waals surface area contributed by atoms with Crippen LogP contribution in [-0.2, 0) is 4.79 Å². The average Bonchev–Trinajstić information content (AvgIpc) is 2.67. The second-order valence-electron chi connectivity index (χ2n) is 8.07. The first kappa shape index (κ1) is 26.4. The van der Waals surface area contributed by atoms with Gasteiger partial charge < -0.3 is 10.4 Å². The molecule has 0 aliphatic rings.